The van der Waals surface area contributed by atoms with Crippen LogP contribution in [0.3, 0.4) is 0 Å². The van der Waals surface area contributed by atoms with Crippen molar-refractivity contribution in [1.29, 1.82) is 0 Å². The van der Waals surface area contributed by atoms with Gasteiger partial charge in [0, 0.05) is 12.1 Å². The van der Waals surface area contributed by atoms with Gasteiger partial charge in [0.2, 0.25) is 10.0 Å². The van der Waals surface area contributed by atoms with Gasteiger partial charge in [-0.3, -0.25) is 0 Å². The number of primary sulfonamides is 1. The van der Waals surface area contributed by atoms with Crippen molar-refractivity contribution < 1.29 is 21.6 Å². The van der Waals surface area contributed by atoms with E-state index in [-0.39, 0.29) is 14.8 Å². The summed E-state index contributed by atoms with van der Waals surface area (Å²) >= 11 is 6.29. The molecular weight excluding hydrogens is 550 g/mol. The maximum absolute atomic E-state index is 12.5. The van der Waals surface area contributed by atoms with Crippen LogP contribution in [0.25, 0.3) is 11.0 Å². The first-order chi connectivity index (χ1) is 17.8. The lowest BCUT2D eigenvalue weighted by molar-refractivity contribution is 0.248. The van der Waals surface area contributed by atoms with Crippen molar-refractivity contribution in [1.82, 2.24) is 19.6 Å². The van der Waals surface area contributed by atoms with Gasteiger partial charge in [0.15, 0.2) is 0 Å². The molecule has 0 aliphatic heterocycles. The molecule has 0 radical (unpaired) electrons. The number of sulfonamides is 2. The summed E-state index contributed by atoms with van der Waals surface area (Å²) < 4.78 is 53.0. The minimum absolute atomic E-state index is 0.000741. The molecule has 1 aliphatic rings. The number of fused-ring (bicyclic) bond motifs is 1. The number of aromatic nitrogens is 2. The molecule has 4 N–H and O–H groups in total. The number of allylic oxidation sites excluding steroid dienone is 3. The van der Waals surface area contributed by atoms with Gasteiger partial charge in [-0.25, -0.2) is 36.5 Å². The van der Waals surface area contributed by atoms with Crippen LogP contribution in [0.5, 0.6) is 0 Å². The van der Waals surface area contributed by atoms with E-state index in [1.807, 2.05) is 36.1 Å². The summed E-state index contributed by atoms with van der Waals surface area (Å²) in [6.45, 7) is 5.78. The number of carbonyl (C=O) groups is 1. The van der Waals surface area contributed by atoms with Crippen LogP contribution < -0.4 is 15.2 Å². The Bertz CT molecular complexity index is 1690. The van der Waals surface area contributed by atoms with E-state index in [0.29, 0.717) is 36.0 Å². The summed E-state index contributed by atoms with van der Waals surface area (Å²) in [5, 5.41) is 7.89. The smallest absolute Gasteiger partial charge is 0.318 e. The van der Waals surface area contributed by atoms with Crippen LogP contribution in [0.2, 0.25) is 5.02 Å². The number of aryl methyl sites for hydroxylation is 2. The number of imidazole rings is 1. The van der Waals surface area contributed by atoms with Crippen molar-refractivity contribution in [2.24, 2.45) is 5.14 Å². The van der Waals surface area contributed by atoms with Gasteiger partial charge in [-0.1, -0.05) is 55.3 Å². The summed E-state index contributed by atoms with van der Waals surface area (Å²) in [5.41, 5.74) is 1.85. The molecule has 0 saturated carbocycles. The summed E-state index contributed by atoms with van der Waals surface area (Å²) in [7, 11) is -8.06. The molecule has 10 nitrogen and oxygen atoms in total. The standard InChI is InChI=1S/C25H28ClN5O5S2/c1-4-23-29-20-15-22(37(27,33)34)19(26)14-21(20)31(23)25(5-2)12-10-17(11-13-25)28-24(32)30-38(35,36)18-8-6-16(3)7-9-18/h6-12,14-15H,4-5,13H2,1-3H3,(H2,27,33,34)(H2,28,30,32)/t25-/m0/s1. The summed E-state index contributed by atoms with van der Waals surface area (Å²) in [5.74, 6) is 0.723. The van der Waals surface area contributed by atoms with Crippen molar-refractivity contribution in [3.63, 3.8) is 0 Å². The van der Waals surface area contributed by atoms with Crippen LogP contribution in [0, 0.1) is 6.92 Å². The maximum Gasteiger partial charge on any atom is 0.333 e. The van der Waals surface area contributed by atoms with E-state index in [4.69, 9.17) is 16.7 Å². The molecule has 0 saturated heterocycles. The highest BCUT2D eigenvalue weighted by Gasteiger charge is 2.33. The third-order valence-corrected chi connectivity index (χ3v) is 9.25. The lowest BCUT2D eigenvalue weighted by Crippen LogP contribution is -2.40. The third kappa shape index (κ3) is 5.35. The predicted octanol–water partition coefficient (Wildman–Crippen LogP) is 3.85. The normalized spacial score (nSPS) is 17.9. The highest BCUT2D eigenvalue weighted by molar-refractivity contribution is 7.90. The molecule has 3 aromatic rings. The average molecular weight is 578 g/mol. The first-order valence-corrected chi connectivity index (χ1v) is 15.2. The molecule has 1 aliphatic carbocycles. The highest BCUT2D eigenvalue weighted by atomic mass is 35.5. The minimum Gasteiger partial charge on any atom is -0.318 e. The zero-order valence-electron chi connectivity index (χ0n) is 21.0. The van der Waals surface area contributed by atoms with Crippen molar-refractivity contribution >= 4 is 48.7 Å². The van der Waals surface area contributed by atoms with Crippen LogP contribution in [0.1, 0.15) is 38.1 Å². The topological polar surface area (TPSA) is 153 Å². The van der Waals surface area contributed by atoms with Gasteiger partial charge < -0.3 is 9.88 Å². The molecule has 1 heterocycles. The lowest BCUT2D eigenvalue weighted by Gasteiger charge is -2.35. The van der Waals surface area contributed by atoms with Gasteiger partial charge in [-0.05, 0) is 50.1 Å². The van der Waals surface area contributed by atoms with Crippen molar-refractivity contribution in [2.45, 2.75) is 55.4 Å². The van der Waals surface area contributed by atoms with E-state index in [0.717, 1.165) is 11.4 Å². The van der Waals surface area contributed by atoms with Crippen LogP contribution in [-0.4, -0.2) is 32.4 Å². The van der Waals surface area contributed by atoms with Crippen LogP contribution in [0.15, 0.2) is 70.1 Å². The Kier molecular flexibility index (Phi) is 7.45. The van der Waals surface area contributed by atoms with Gasteiger partial charge in [0.25, 0.3) is 10.0 Å². The SMILES string of the molecule is CCc1nc2cc(S(N)(=O)=O)c(Cl)cc2n1[C@@]1(CC)C=CC(NC(=O)NS(=O)(=O)c2ccc(C)cc2)=CC1. The van der Waals surface area contributed by atoms with E-state index >= 15 is 0 Å². The first kappa shape index (κ1) is 27.8. The summed E-state index contributed by atoms with van der Waals surface area (Å²) in [4.78, 5) is 16.9. The van der Waals surface area contributed by atoms with Gasteiger partial charge in [-0.2, -0.15) is 0 Å². The Morgan fingerprint density at radius 1 is 1.16 bits per heavy atom. The Balaban J connectivity index is 1.60. The number of rotatable bonds is 7. The minimum atomic E-state index is -4.03. The molecule has 13 heteroatoms. The monoisotopic (exact) mass is 577 g/mol. The second-order valence-electron chi connectivity index (χ2n) is 9.06. The quantitative estimate of drug-likeness (QED) is 0.388. The van der Waals surface area contributed by atoms with Gasteiger partial charge >= 0.3 is 6.03 Å². The maximum atomic E-state index is 12.5. The van der Waals surface area contributed by atoms with Gasteiger partial charge in [0.1, 0.15) is 10.7 Å². The molecule has 2 amide bonds. The highest BCUT2D eigenvalue weighted by Crippen LogP contribution is 2.38. The number of hydrogen-bond acceptors (Lipinski definition) is 6. The lowest BCUT2D eigenvalue weighted by atomic mass is 9.86. The average Bonchev–Trinajstić information content (AvgIpc) is 3.21. The Hall–Kier alpha value is -3.19. The third-order valence-electron chi connectivity index (χ3n) is 6.52. The zero-order valence-corrected chi connectivity index (χ0v) is 23.4. The molecule has 0 spiro atoms. The van der Waals surface area contributed by atoms with Crippen LogP contribution >= 0.6 is 11.6 Å². The molecule has 0 unspecified atom stereocenters. The van der Waals surface area contributed by atoms with Crippen molar-refractivity contribution in [3.8, 4) is 0 Å². The second-order valence-corrected chi connectivity index (χ2v) is 12.7. The predicted molar refractivity (Wildman–Crippen MR) is 146 cm³/mol. The van der Waals surface area contributed by atoms with Gasteiger partial charge in [0.05, 0.1) is 26.5 Å². The number of nitrogens with one attached hydrogen (secondary N) is 2. The molecule has 1 aromatic heterocycles. The fourth-order valence-electron chi connectivity index (χ4n) is 4.48. The molecule has 2 aromatic carbocycles. The number of hydrogen-bond donors (Lipinski definition) is 3. The zero-order chi connectivity index (χ0) is 27.9. The van der Waals surface area contributed by atoms with Crippen LogP contribution in [-0.2, 0) is 32.0 Å². The van der Waals surface area contributed by atoms with Crippen molar-refractivity contribution in [3.05, 3.63) is 76.7 Å². The molecule has 0 bridgehead atoms. The molecular formula is C25H28ClN5O5S2. The number of urea groups is 1. The molecule has 1 atom stereocenters. The molecule has 202 valence electrons. The Morgan fingerprint density at radius 3 is 2.39 bits per heavy atom. The summed E-state index contributed by atoms with van der Waals surface area (Å²) in [6, 6.07) is 8.20. The number of carbonyl (C=O) groups excluding carboxylic acids is 1. The van der Waals surface area contributed by atoms with E-state index in [1.54, 1.807) is 30.4 Å². The first-order valence-electron chi connectivity index (χ1n) is 11.8. The largest absolute Gasteiger partial charge is 0.333 e. The Morgan fingerprint density at radius 2 is 1.84 bits per heavy atom. The number of halogens is 1. The molecule has 38 heavy (non-hydrogen) atoms. The van der Waals surface area contributed by atoms with E-state index < -0.39 is 31.6 Å². The van der Waals surface area contributed by atoms with E-state index in [2.05, 4.69) is 10.3 Å². The molecule has 4 rings (SSSR count). The Labute approximate surface area is 226 Å². The van der Waals surface area contributed by atoms with E-state index in [9.17, 15) is 21.6 Å². The number of amides is 2. The number of nitrogens with zero attached hydrogens (tertiary/aromatic N) is 2. The fraction of sp³-hybridized carbons (Fsp3) is 0.280. The fourth-order valence-corrected chi connectivity index (χ4v) is 6.48. The van der Waals surface area contributed by atoms with Crippen molar-refractivity contribution in [2.75, 3.05) is 0 Å². The van der Waals surface area contributed by atoms with E-state index in [1.165, 1.54) is 18.2 Å². The number of benzene rings is 2. The molecule has 0 fully saturated rings. The summed E-state index contributed by atoms with van der Waals surface area (Å²) in [6.07, 6.45) is 7.09. The second kappa shape index (κ2) is 10.2. The van der Waals surface area contributed by atoms with Crippen LogP contribution in [0.4, 0.5) is 4.79 Å². The van der Waals surface area contributed by atoms with Gasteiger partial charge in [-0.15, -0.1) is 0 Å². The number of nitrogens with two attached hydrogens (primary N) is 1.